The number of hydrogen-bond acceptors (Lipinski definition) is 9. The Hall–Kier alpha value is -4.77. The number of hydrogen-bond donors (Lipinski definition) is 2. The normalized spacial score (nSPS) is 13.3. The predicted molar refractivity (Wildman–Crippen MR) is 169 cm³/mol. The fourth-order valence-corrected chi connectivity index (χ4v) is 7.09. The first-order valence-electron chi connectivity index (χ1n) is 13.5. The maximum Gasteiger partial charge on any atom is 0.441 e. The molecule has 2 aromatic carbocycles. The van der Waals surface area contributed by atoms with Gasteiger partial charge >= 0.3 is 13.6 Å². The molecule has 0 fully saturated rings. The maximum atomic E-state index is 14.8. The zero-order valence-corrected chi connectivity index (χ0v) is 25.8. The number of benzene rings is 2. The molecule has 5 aromatic rings. The van der Waals surface area contributed by atoms with Crippen LogP contribution < -0.4 is 14.9 Å². The van der Waals surface area contributed by atoms with Gasteiger partial charge in [0.1, 0.15) is 6.04 Å². The molecule has 0 aliphatic heterocycles. The van der Waals surface area contributed by atoms with Crippen LogP contribution in [-0.4, -0.2) is 51.6 Å². The van der Waals surface area contributed by atoms with Crippen molar-refractivity contribution in [3.63, 3.8) is 0 Å². The Bertz CT molecular complexity index is 1870. The van der Waals surface area contributed by atoms with Gasteiger partial charge in [-0.25, -0.2) is 14.6 Å². The number of nitrogens with one attached hydrogen (secondary N) is 2. The molecule has 5 rings (SSSR count). The van der Waals surface area contributed by atoms with Crippen LogP contribution in [0.25, 0.3) is 23.1 Å². The number of aromatic nitrogens is 4. The lowest BCUT2D eigenvalue weighted by Gasteiger charge is -2.23. The van der Waals surface area contributed by atoms with E-state index in [-0.39, 0.29) is 11.8 Å². The monoisotopic (exact) mass is 628 g/mol. The molecule has 11 nitrogen and oxygen atoms in total. The number of pyridine rings is 2. The number of amides is 1. The summed E-state index contributed by atoms with van der Waals surface area (Å²) in [5, 5.41) is 10.9. The zero-order chi connectivity index (χ0) is 31.1. The minimum Gasteiger partial charge on any atom is -0.468 e. The van der Waals surface area contributed by atoms with E-state index in [2.05, 4.69) is 20.4 Å². The highest BCUT2D eigenvalue weighted by Gasteiger charge is 2.36. The number of rotatable bonds is 11. The molecular formula is C31H29N6O5PS. The number of carbonyl (C=O) groups is 2. The van der Waals surface area contributed by atoms with E-state index in [0.717, 1.165) is 9.79 Å². The van der Waals surface area contributed by atoms with Crippen molar-refractivity contribution in [3.8, 4) is 5.88 Å². The fourth-order valence-electron chi connectivity index (χ4n) is 4.26. The Morgan fingerprint density at radius 1 is 0.977 bits per heavy atom. The molecule has 0 saturated heterocycles. The fraction of sp³-hybridized carbons (Fsp3) is 0.129. The van der Waals surface area contributed by atoms with Crippen molar-refractivity contribution in [2.75, 3.05) is 14.2 Å². The smallest absolute Gasteiger partial charge is 0.441 e. The summed E-state index contributed by atoms with van der Waals surface area (Å²) in [6.07, 6.45) is 6.75. The van der Waals surface area contributed by atoms with Crippen LogP contribution in [-0.2, 0) is 14.1 Å². The third-order valence-electron chi connectivity index (χ3n) is 6.37. The molecule has 44 heavy (non-hydrogen) atoms. The highest BCUT2D eigenvalue weighted by Crippen LogP contribution is 2.47. The third-order valence-corrected chi connectivity index (χ3v) is 9.38. The summed E-state index contributed by atoms with van der Waals surface area (Å²) in [6, 6.07) is 22.3. The van der Waals surface area contributed by atoms with E-state index in [1.54, 1.807) is 55.7 Å². The average molecular weight is 629 g/mol. The van der Waals surface area contributed by atoms with Gasteiger partial charge in [0, 0.05) is 40.7 Å². The van der Waals surface area contributed by atoms with Crippen molar-refractivity contribution in [2.45, 2.75) is 22.8 Å². The lowest BCUT2D eigenvalue weighted by Crippen LogP contribution is -2.36. The van der Waals surface area contributed by atoms with Crippen LogP contribution in [0.15, 0.2) is 101 Å². The van der Waals surface area contributed by atoms with Gasteiger partial charge in [-0.15, -0.1) is 0 Å². The summed E-state index contributed by atoms with van der Waals surface area (Å²) in [4.78, 5) is 34.9. The summed E-state index contributed by atoms with van der Waals surface area (Å²) in [7, 11) is -1.38. The van der Waals surface area contributed by atoms with Crippen LogP contribution in [0.5, 0.6) is 5.88 Å². The Morgan fingerprint density at radius 2 is 1.73 bits per heavy atom. The molecule has 13 heteroatoms. The maximum absolute atomic E-state index is 14.8. The molecule has 1 unspecified atom stereocenters. The van der Waals surface area contributed by atoms with Gasteiger partial charge in [-0.2, -0.15) is 9.55 Å². The number of fused-ring (bicyclic) bond motifs is 1. The van der Waals surface area contributed by atoms with Crippen molar-refractivity contribution in [1.29, 1.82) is 0 Å². The van der Waals surface area contributed by atoms with Crippen LogP contribution in [0, 0.1) is 0 Å². The zero-order valence-electron chi connectivity index (χ0n) is 24.1. The summed E-state index contributed by atoms with van der Waals surface area (Å²) in [5.74, 6) is -0.779. The van der Waals surface area contributed by atoms with Crippen molar-refractivity contribution in [2.24, 2.45) is 0 Å². The second-order valence-corrected chi connectivity index (χ2v) is 12.3. The van der Waals surface area contributed by atoms with Crippen molar-refractivity contribution >= 4 is 54.4 Å². The largest absolute Gasteiger partial charge is 0.468 e. The SMILES string of the molecule is CNC(=O)c1ccccc1Sc1ccc2c(/C=C/c3ccccn3)nn(P(=O)(N[C@@H](C)C(=O)OC)Oc3ccccn3)c2c1. The van der Waals surface area contributed by atoms with Crippen LogP contribution in [0.2, 0.25) is 0 Å². The van der Waals surface area contributed by atoms with E-state index in [4.69, 9.17) is 14.4 Å². The topological polar surface area (TPSA) is 137 Å². The van der Waals surface area contributed by atoms with Gasteiger partial charge in [0.05, 0.1) is 29.6 Å². The molecule has 0 aliphatic carbocycles. The second-order valence-electron chi connectivity index (χ2n) is 9.37. The number of nitrogens with zero attached hydrogens (tertiary/aromatic N) is 4. The molecular weight excluding hydrogens is 599 g/mol. The van der Waals surface area contributed by atoms with Gasteiger partial charge in [0.15, 0.2) is 0 Å². The number of methoxy groups -OCH3 is 1. The highest BCUT2D eigenvalue weighted by atomic mass is 32.2. The second kappa shape index (κ2) is 13.7. The Balaban J connectivity index is 1.66. The standard InChI is InChI=1S/C31H29N6O5PS/c1-21(31(39)41-3)36-43(40,42-29-13-7-9-19-34-29)37-27-20-23(44-28-12-5-4-11-25(28)30(38)32-2)15-16-24(27)26(35-37)17-14-22-10-6-8-18-33-22/h4-21H,1-3H3,(H,32,38)(H,36,40)/b17-14+/t21-,43?/m0/s1. The van der Waals surface area contributed by atoms with Crippen LogP contribution in [0.4, 0.5) is 0 Å². The van der Waals surface area contributed by atoms with E-state index >= 15 is 0 Å². The predicted octanol–water partition coefficient (Wildman–Crippen LogP) is 5.69. The quantitative estimate of drug-likeness (QED) is 0.139. The van der Waals surface area contributed by atoms with Crippen LogP contribution in [0.3, 0.4) is 0 Å². The summed E-state index contributed by atoms with van der Waals surface area (Å²) < 4.78 is 26.9. The molecule has 224 valence electrons. The van der Waals surface area contributed by atoms with Gasteiger partial charge in [0.25, 0.3) is 5.91 Å². The van der Waals surface area contributed by atoms with Crippen molar-refractivity contribution in [1.82, 2.24) is 29.9 Å². The van der Waals surface area contributed by atoms with Gasteiger partial charge in [-0.1, -0.05) is 36.0 Å². The van der Waals surface area contributed by atoms with E-state index in [1.165, 1.54) is 36.4 Å². The number of ether oxygens (including phenoxy) is 1. The molecule has 0 saturated carbocycles. The van der Waals surface area contributed by atoms with E-state index in [9.17, 15) is 14.2 Å². The molecule has 0 radical (unpaired) electrons. The van der Waals surface area contributed by atoms with Gasteiger partial charge in [-0.3, -0.25) is 14.6 Å². The molecule has 3 aromatic heterocycles. The van der Waals surface area contributed by atoms with Gasteiger partial charge in [0.2, 0.25) is 5.88 Å². The molecule has 3 heterocycles. The molecule has 0 aliphatic rings. The van der Waals surface area contributed by atoms with E-state index in [0.29, 0.717) is 27.9 Å². The molecule has 2 atom stereocenters. The lowest BCUT2D eigenvalue weighted by atomic mass is 10.2. The Morgan fingerprint density at radius 3 is 2.43 bits per heavy atom. The molecule has 2 N–H and O–H groups in total. The summed E-state index contributed by atoms with van der Waals surface area (Å²) >= 11 is 1.37. The average Bonchev–Trinajstić information content (AvgIpc) is 3.42. The first-order chi connectivity index (χ1) is 21.3. The van der Waals surface area contributed by atoms with Crippen LogP contribution >= 0.6 is 19.4 Å². The van der Waals surface area contributed by atoms with Gasteiger partial charge in [-0.05, 0) is 67.6 Å². The van der Waals surface area contributed by atoms with Crippen molar-refractivity contribution < 1.29 is 23.4 Å². The van der Waals surface area contributed by atoms with Crippen molar-refractivity contribution in [3.05, 3.63) is 108 Å². The minimum atomic E-state index is -4.20. The number of carbonyl (C=O) groups excluding carboxylic acids is 2. The third kappa shape index (κ3) is 6.89. The number of esters is 1. The molecule has 1 amide bonds. The lowest BCUT2D eigenvalue weighted by molar-refractivity contribution is -0.142. The van der Waals surface area contributed by atoms with Gasteiger partial charge < -0.3 is 14.6 Å². The molecule has 0 spiro atoms. The van der Waals surface area contributed by atoms with E-state index in [1.807, 2.05) is 48.5 Å². The van der Waals surface area contributed by atoms with Crippen LogP contribution in [0.1, 0.15) is 28.7 Å². The first-order valence-corrected chi connectivity index (χ1v) is 15.9. The molecule has 0 bridgehead atoms. The highest BCUT2D eigenvalue weighted by molar-refractivity contribution is 7.99. The summed E-state index contributed by atoms with van der Waals surface area (Å²) in [6.45, 7) is 1.52. The first kappa shape index (κ1) is 30.7. The minimum absolute atomic E-state index is 0.0691. The Kier molecular flexibility index (Phi) is 9.54. The van der Waals surface area contributed by atoms with E-state index < -0.39 is 19.7 Å². The Labute approximate surface area is 258 Å². The summed E-state index contributed by atoms with van der Waals surface area (Å²) in [5.41, 5.74) is 2.17.